The first-order valence-electron chi connectivity index (χ1n) is 16.3. The second kappa shape index (κ2) is 12.8. The molecule has 6 unspecified atom stereocenters. The van der Waals surface area contributed by atoms with E-state index in [4.69, 9.17) is 10.5 Å². The number of piperazine rings is 1. The van der Waals surface area contributed by atoms with E-state index >= 15 is 0 Å². The van der Waals surface area contributed by atoms with Crippen molar-refractivity contribution >= 4 is 29.0 Å². The number of β-amino-alcohol motifs (C(OH)–C–C–N with tert-alkyl or cyclic N) is 1. The zero-order valence-corrected chi connectivity index (χ0v) is 27.3. The molecule has 4 aliphatic rings. The smallest absolute Gasteiger partial charge is 0.235 e. The average molecular weight is 663 g/mol. The number of likely N-dealkylation sites (N-methyl/N-ethyl adjacent to an activating group) is 1. The van der Waals surface area contributed by atoms with Gasteiger partial charge in [0.1, 0.15) is 11.5 Å². The van der Waals surface area contributed by atoms with E-state index < -0.39 is 64.4 Å². The van der Waals surface area contributed by atoms with Gasteiger partial charge in [0, 0.05) is 50.7 Å². The van der Waals surface area contributed by atoms with Crippen LogP contribution >= 0.6 is 0 Å². The van der Waals surface area contributed by atoms with Crippen molar-refractivity contribution in [3.63, 3.8) is 0 Å². The summed E-state index contributed by atoms with van der Waals surface area (Å²) in [5.41, 5.74) is 5.54. The lowest BCUT2D eigenvalue weighted by molar-refractivity contribution is -0.181. The molecule has 1 amide bonds. The number of ether oxygens (including phenoxy) is 1. The molecule has 1 aliphatic heterocycles. The number of ketones is 4. The molecule has 48 heavy (non-hydrogen) atoms. The monoisotopic (exact) mass is 662 g/mol. The Balaban J connectivity index is 1.37. The number of hydrogen-bond acceptors (Lipinski definition) is 12. The topological polar surface area (TPSA) is 191 Å². The molecule has 3 aliphatic carbocycles. The maximum atomic E-state index is 14.2. The molecule has 3 fully saturated rings. The summed E-state index contributed by atoms with van der Waals surface area (Å²) < 4.78 is 5.68. The first-order chi connectivity index (χ1) is 22.8. The number of aliphatic hydroxyl groups is 2. The molecule has 13 nitrogen and oxygen atoms in total. The molecule has 256 valence electrons. The van der Waals surface area contributed by atoms with Gasteiger partial charge in [0.05, 0.1) is 31.2 Å². The van der Waals surface area contributed by atoms with E-state index in [1.165, 1.54) is 11.0 Å². The SMILES string of the molecule is COc1ccc(-c2ccc(O)c3c2CC2CC4C(N(C)C)C(=O)C(C(N)=O)C(=O)C4(O)C(=O)C2C3=O)cc1CN1CCN(CCO)CC1. The molecule has 2 aromatic rings. The van der Waals surface area contributed by atoms with Crippen LogP contribution in [-0.4, -0.2) is 131 Å². The molecule has 0 aromatic heterocycles. The van der Waals surface area contributed by atoms with Gasteiger partial charge in [0.25, 0.3) is 0 Å². The predicted molar refractivity (Wildman–Crippen MR) is 172 cm³/mol. The van der Waals surface area contributed by atoms with Crippen molar-refractivity contribution < 1.29 is 44.0 Å². The van der Waals surface area contributed by atoms with Crippen LogP contribution in [-0.2, 0) is 32.1 Å². The van der Waals surface area contributed by atoms with E-state index in [0.717, 1.165) is 37.3 Å². The van der Waals surface area contributed by atoms with E-state index in [1.807, 2.05) is 18.2 Å². The van der Waals surface area contributed by atoms with Crippen LogP contribution < -0.4 is 10.5 Å². The molecule has 13 heteroatoms. The number of aliphatic hydroxyl groups excluding tert-OH is 1. The van der Waals surface area contributed by atoms with E-state index in [2.05, 4.69) is 9.80 Å². The van der Waals surface area contributed by atoms with Gasteiger partial charge in [0.2, 0.25) is 5.91 Å². The van der Waals surface area contributed by atoms with Crippen molar-refractivity contribution in [2.24, 2.45) is 29.4 Å². The number of carbonyl (C=O) groups excluding carboxylic acids is 5. The number of phenolic OH excluding ortho intramolecular Hbond substituents is 1. The third kappa shape index (κ3) is 5.34. The summed E-state index contributed by atoms with van der Waals surface area (Å²) in [6.45, 7) is 4.69. The molecule has 6 rings (SSSR count). The van der Waals surface area contributed by atoms with Crippen molar-refractivity contribution in [3.05, 3.63) is 47.0 Å². The van der Waals surface area contributed by atoms with Crippen LogP contribution in [0.2, 0.25) is 0 Å². The lowest BCUT2D eigenvalue weighted by atomic mass is 9.52. The molecule has 0 radical (unpaired) electrons. The summed E-state index contributed by atoms with van der Waals surface area (Å²) in [5, 5.41) is 32.1. The Morgan fingerprint density at radius 1 is 1.04 bits per heavy atom. The summed E-state index contributed by atoms with van der Waals surface area (Å²) >= 11 is 0. The van der Waals surface area contributed by atoms with Gasteiger partial charge in [-0.05, 0) is 67.7 Å². The van der Waals surface area contributed by atoms with Crippen molar-refractivity contribution in [2.75, 3.05) is 60.5 Å². The fraction of sp³-hybridized carbons (Fsp3) is 0.514. The first kappa shape index (κ1) is 33.9. The lowest BCUT2D eigenvalue weighted by Crippen LogP contribution is -2.74. The number of nitrogens with zero attached hydrogens (tertiary/aromatic N) is 3. The lowest BCUT2D eigenvalue weighted by Gasteiger charge is -2.52. The minimum absolute atomic E-state index is 0.0187. The highest BCUT2D eigenvalue weighted by Gasteiger charge is 2.69. The molecule has 6 atom stereocenters. The maximum Gasteiger partial charge on any atom is 0.235 e. The second-order valence-corrected chi connectivity index (χ2v) is 13.6. The van der Waals surface area contributed by atoms with Gasteiger partial charge >= 0.3 is 0 Å². The maximum absolute atomic E-state index is 14.2. The van der Waals surface area contributed by atoms with Crippen molar-refractivity contribution in [1.29, 1.82) is 0 Å². The van der Waals surface area contributed by atoms with Gasteiger partial charge in [-0.3, -0.25) is 38.7 Å². The number of carbonyl (C=O) groups is 5. The zero-order valence-electron chi connectivity index (χ0n) is 27.3. The number of primary amides is 1. The molecule has 2 aromatic carbocycles. The fourth-order valence-corrected chi connectivity index (χ4v) is 8.50. The van der Waals surface area contributed by atoms with Crippen LogP contribution in [0.5, 0.6) is 11.5 Å². The number of aromatic hydroxyl groups is 1. The minimum atomic E-state index is -2.77. The van der Waals surface area contributed by atoms with Gasteiger partial charge in [-0.2, -0.15) is 0 Å². The summed E-state index contributed by atoms with van der Waals surface area (Å²) in [6.07, 6.45) is 0.152. The Morgan fingerprint density at radius 2 is 1.73 bits per heavy atom. The molecule has 2 saturated carbocycles. The Hall–Kier alpha value is -4.01. The molecule has 1 heterocycles. The van der Waals surface area contributed by atoms with E-state index in [0.29, 0.717) is 30.0 Å². The number of rotatable bonds is 8. The predicted octanol–water partition coefficient (Wildman–Crippen LogP) is -0.347. The van der Waals surface area contributed by atoms with Gasteiger partial charge in [-0.25, -0.2) is 0 Å². The quantitative estimate of drug-likeness (QED) is 0.269. The van der Waals surface area contributed by atoms with Crippen LogP contribution in [0.1, 0.15) is 27.9 Å². The molecule has 5 N–H and O–H groups in total. The Kier molecular flexibility index (Phi) is 9.02. The number of hydrogen-bond donors (Lipinski definition) is 4. The number of phenols is 1. The summed E-state index contributed by atoms with van der Waals surface area (Å²) in [4.78, 5) is 73.4. The largest absolute Gasteiger partial charge is 0.507 e. The molecular weight excluding hydrogens is 620 g/mol. The number of nitrogens with two attached hydrogens (primary N) is 1. The van der Waals surface area contributed by atoms with E-state index in [-0.39, 0.29) is 30.8 Å². The number of benzene rings is 2. The third-order valence-corrected chi connectivity index (χ3v) is 10.8. The number of amides is 1. The van der Waals surface area contributed by atoms with Crippen molar-refractivity contribution in [2.45, 2.75) is 31.0 Å². The van der Waals surface area contributed by atoms with Crippen LogP contribution in [0, 0.1) is 23.7 Å². The Bertz CT molecular complexity index is 1680. The van der Waals surface area contributed by atoms with Gasteiger partial charge in [0.15, 0.2) is 34.7 Å². The zero-order chi connectivity index (χ0) is 34.7. The standard InChI is InChI=1S/C35H42N4O9/c1-37(2)29-23-16-19-15-22-21(18-4-7-25(48-3)20(14-18)17-39-10-8-38(9-11-39)12-13-40)5-6-24(41)27(22)30(42)26(19)32(44)35(23,47)33(45)28(31(29)43)34(36)46/h4-7,14,19,23,26,28-29,40-41,47H,8-13,15-17H2,1-3H3,(H2,36,46). The van der Waals surface area contributed by atoms with E-state index in [1.54, 1.807) is 27.3 Å². The van der Waals surface area contributed by atoms with Crippen molar-refractivity contribution in [3.8, 4) is 22.6 Å². The Labute approximate surface area is 278 Å². The highest BCUT2D eigenvalue weighted by atomic mass is 16.5. The van der Waals surface area contributed by atoms with Gasteiger partial charge in [-0.15, -0.1) is 0 Å². The number of Topliss-reactive ketones (excluding diaryl/α,β-unsaturated/α-hetero) is 4. The summed E-state index contributed by atoms with van der Waals surface area (Å²) in [7, 11) is 4.72. The van der Waals surface area contributed by atoms with Gasteiger partial charge < -0.3 is 25.8 Å². The van der Waals surface area contributed by atoms with Crippen LogP contribution in [0.4, 0.5) is 0 Å². The highest BCUT2D eigenvalue weighted by molar-refractivity contribution is 6.32. The second-order valence-electron chi connectivity index (χ2n) is 13.6. The normalized spacial score (nSPS) is 29.4. The van der Waals surface area contributed by atoms with E-state index in [9.17, 15) is 39.3 Å². The third-order valence-electron chi connectivity index (χ3n) is 10.8. The first-order valence-corrected chi connectivity index (χ1v) is 16.3. The molecular formula is C35H42N4O9. The van der Waals surface area contributed by atoms with Crippen LogP contribution in [0.25, 0.3) is 11.1 Å². The fourth-order valence-electron chi connectivity index (χ4n) is 8.50. The van der Waals surface area contributed by atoms with Crippen molar-refractivity contribution in [1.82, 2.24) is 14.7 Å². The minimum Gasteiger partial charge on any atom is -0.507 e. The molecule has 0 spiro atoms. The van der Waals surface area contributed by atoms with Gasteiger partial charge in [-0.1, -0.05) is 12.1 Å². The average Bonchev–Trinajstić information content (AvgIpc) is 3.03. The highest BCUT2D eigenvalue weighted by Crippen LogP contribution is 2.52. The van der Waals surface area contributed by atoms with Crippen LogP contribution in [0.15, 0.2) is 30.3 Å². The summed E-state index contributed by atoms with van der Waals surface area (Å²) in [6, 6.07) is 7.70. The molecule has 0 bridgehead atoms. The molecule has 1 saturated heterocycles. The summed E-state index contributed by atoms with van der Waals surface area (Å²) in [5.74, 6) is -10.1. The number of fused-ring (bicyclic) bond motifs is 3. The van der Waals surface area contributed by atoms with Crippen LogP contribution in [0.3, 0.4) is 0 Å². The Morgan fingerprint density at radius 3 is 2.35 bits per heavy atom. The number of methoxy groups -OCH3 is 1.